The summed E-state index contributed by atoms with van der Waals surface area (Å²) in [4.78, 5) is 24.3. The third kappa shape index (κ3) is 4.58. The number of benzene rings is 1. The van der Waals surface area contributed by atoms with Gasteiger partial charge in [-0.3, -0.25) is 0 Å². The summed E-state index contributed by atoms with van der Waals surface area (Å²) in [6.07, 6.45) is 6.68. The van der Waals surface area contributed by atoms with Gasteiger partial charge in [0.1, 0.15) is 0 Å². The van der Waals surface area contributed by atoms with Crippen molar-refractivity contribution in [2.24, 2.45) is 5.92 Å². The second kappa shape index (κ2) is 8.57. The Morgan fingerprint density at radius 2 is 1.59 bits per heavy atom. The van der Waals surface area contributed by atoms with Crippen molar-refractivity contribution < 1.29 is 19.1 Å². The highest BCUT2D eigenvalue weighted by atomic mass is 16.5. The van der Waals surface area contributed by atoms with Gasteiger partial charge in [-0.15, -0.1) is 0 Å². The van der Waals surface area contributed by atoms with E-state index in [9.17, 15) is 9.59 Å². The first-order valence-corrected chi connectivity index (χ1v) is 8.15. The minimum absolute atomic E-state index is 0.282. The minimum Gasteiger partial charge on any atom is -0.462 e. The normalized spacial score (nSPS) is 15.3. The fourth-order valence-corrected chi connectivity index (χ4v) is 2.74. The first kappa shape index (κ1) is 16.5. The number of esters is 2. The third-order valence-corrected chi connectivity index (χ3v) is 3.98. The molecule has 1 aromatic rings. The average Bonchev–Trinajstić information content (AvgIpc) is 2.58. The van der Waals surface area contributed by atoms with Crippen LogP contribution in [0.3, 0.4) is 0 Å². The van der Waals surface area contributed by atoms with Crippen molar-refractivity contribution in [3.63, 3.8) is 0 Å². The van der Waals surface area contributed by atoms with Crippen molar-refractivity contribution in [3.05, 3.63) is 35.4 Å². The summed E-state index contributed by atoms with van der Waals surface area (Å²) < 4.78 is 10.5. The van der Waals surface area contributed by atoms with E-state index in [0.717, 1.165) is 19.3 Å². The molecule has 0 aliphatic heterocycles. The van der Waals surface area contributed by atoms with E-state index in [4.69, 9.17) is 9.47 Å². The van der Waals surface area contributed by atoms with Crippen LogP contribution in [0.2, 0.25) is 0 Å². The lowest BCUT2D eigenvalue weighted by atomic mass is 9.90. The highest BCUT2D eigenvalue weighted by Crippen LogP contribution is 2.24. The van der Waals surface area contributed by atoms with Gasteiger partial charge >= 0.3 is 11.9 Å². The van der Waals surface area contributed by atoms with Gasteiger partial charge in [-0.25, -0.2) is 9.59 Å². The molecule has 22 heavy (non-hydrogen) atoms. The molecule has 4 heteroatoms. The van der Waals surface area contributed by atoms with Crippen molar-refractivity contribution in [1.82, 2.24) is 0 Å². The highest BCUT2D eigenvalue weighted by Gasteiger charge is 2.21. The van der Waals surface area contributed by atoms with Crippen molar-refractivity contribution in [3.8, 4) is 0 Å². The lowest BCUT2D eigenvalue weighted by molar-refractivity contribution is 0.0391. The monoisotopic (exact) mass is 304 g/mol. The third-order valence-electron chi connectivity index (χ3n) is 3.98. The van der Waals surface area contributed by atoms with E-state index < -0.39 is 11.9 Å². The zero-order valence-electron chi connectivity index (χ0n) is 13.2. The van der Waals surface area contributed by atoms with Gasteiger partial charge < -0.3 is 9.47 Å². The molecule has 0 spiro atoms. The van der Waals surface area contributed by atoms with Crippen LogP contribution in [0.4, 0.5) is 0 Å². The maximum Gasteiger partial charge on any atom is 0.339 e. The van der Waals surface area contributed by atoms with Crippen molar-refractivity contribution >= 4 is 11.9 Å². The number of carbonyl (C=O) groups is 2. The molecule has 0 unspecified atom stereocenters. The summed E-state index contributed by atoms with van der Waals surface area (Å²) in [7, 11) is 0. The van der Waals surface area contributed by atoms with E-state index in [1.807, 2.05) is 6.92 Å². The van der Waals surface area contributed by atoms with Crippen LogP contribution in [0.5, 0.6) is 0 Å². The molecule has 1 saturated carbocycles. The minimum atomic E-state index is -0.466. The van der Waals surface area contributed by atoms with Gasteiger partial charge in [0.2, 0.25) is 0 Å². The SMILES string of the molecule is CCCOC(=O)c1ccccc1C(=O)OCC1CCCCC1. The van der Waals surface area contributed by atoms with Gasteiger partial charge in [0.05, 0.1) is 24.3 Å². The van der Waals surface area contributed by atoms with Gasteiger partial charge in [0.15, 0.2) is 0 Å². The molecule has 0 atom stereocenters. The molecule has 0 aromatic heterocycles. The molecule has 0 heterocycles. The zero-order valence-corrected chi connectivity index (χ0v) is 13.2. The maximum atomic E-state index is 12.3. The number of hydrogen-bond acceptors (Lipinski definition) is 4. The summed E-state index contributed by atoms with van der Waals surface area (Å²) in [6.45, 7) is 2.72. The second-order valence-corrected chi connectivity index (χ2v) is 5.78. The molecule has 4 nitrogen and oxygen atoms in total. The van der Waals surface area contributed by atoms with Crippen LogP contribution in [0.15, 0.2) is 24.3 Å². The molecule has 1 aromatic carbocycles. The molecule has 0 saturated heterocycles. The zero-order chi connectivity index (χ0) is 15.8. The first-order valence-electron chi connectivity index (χ1n) is 8.15. The van der Waals surface area contributed by atoms with Crippen LogP contribution in [0.25, 0.3) is 0 Å². The predicted molar refractivity (Wildman–Crippen MR) is 83.9 cm³/mol. The predicted octanol–water partition coefficient (Wildman–Crippen LogP) is 3.99. The van der Waals surface area contributed by atoms with Gasteiger partial charge in [-0.2, -0.15) is 0 Å². The smallest absolute Gasteiger partial charge is 0.339 e. The Morgan fingerprint density at radius 3 is 2.18 bits per heavy atom. The van der Waals surface area contributed by atoms with Crippen LogP contribution in [0, 0.1) is 5.92 Å². The van der Waals surface area contributed by atoms with Crippen molar-refractivity contribution in [2.45, 2.75) is 45.4 Å². The molecule has 1 fully saturated rings. The van der Waals surface area contributed by atoms with Gasteiger partial charge in [0, 0.05) is 0 Å². The molecule has 0 N–H and O–H groups in total. The molecular weight excluding hydrogens is 280 g/mol. The van der Waals surface area contributed by atoms with Gasteiger partial charge in [0.25, 0.3) is 0 Å². The van der Waals surface area contributed by atoms with Crippen LogP contribution < -0.4 is 0 Å². The summed E-state index contributed by atoms with van der Waals surface area (Å²) in [5.74, 6) is -0.446. The van der Waals surface area contributed by atoms with E-state index in [-0.39, 0.29) is 5.56 Å². The van der Waals surface area contributed by atoms with Crippen LogP contribution in [0.1, 0.15) is 66.2 Å². The average molecular weight is 304 g/mol. The number of carbonyl (C=O) groups excluding carboxylic acids is 2. The van der Waals surface area contributed by atoms with Crippen molar-refractivity contribution in [2.75, 3.05) is 13.2 Å². The summed E-state index contributed by atoms with van der Waals surface area (Å²) in [5.41, 5.74) is 0.573. The number of hydrogen-bond donors (Lipinski definition) is 0. The Kier molecular flexibility index (Phi) is 6.44. The summed E-state index contributed by atoms with van der Waals surface area (Å²) >= 11 is 0. The van der Waals surface area contributed by atoms with E-state index in [2.05, 4.69) is 0 Å². The Bertz CT molecular complexity index is 504. The molecule has 0 amide bonds. The van der Waals surface area contributed by atoms with E-state index in [0.29, 0.717) is 24.7 Å². The summed E-state index contributed by atoms with van der Waals surface area (Å²) in [5, 5.41) is 0. The van der Waals surface area contributed by atoms with E-state index >= 15 is 0 Å². The second-order valence-electron chi connectivity index (χ2n) is 5.78. The lowest BCUT2D eigenvalue weighted by Gasteiger charge is -2.21. The van der Waals surface area contributed by atoms with Crippen LogP contribution >= 0.6 is 0 Å². The van der Waals surface area contributed by atoms with Crippen molar-refractivity contribution in [1.29, 1.82) is 0 Å². The fourth-order valence-electron chi connectivity index (χ4n) is 2.74. The highest BCUT2D eigenvalue weighted by molar-refractivity contribution is 6.03. The maximum absolute atomic E-state index is 12.3. The van der Waals surface area contributed by atoms with Gasteiger partial charge in [-0.05, 0) is 37.3 Å². The van der Waals surface area contributed by atoms with E-state index in [1.165, 1.54) is 19.3 Å². The summed E-state index contributed by atoms with van der Waals surface area (Å²) in [6, 6.07) is 6.68. The molecule has 1 aliphatic carbocycles. The first-order chi connectivity index (χ1) is 10.7. The largest absolute Gasteiger partial charge is 0.462 e. The lowest BCUT2D eigenvalue weighted by Crippen LogP contribution is -2.19. The standard InChI is InChI=1S/C18H24O4/c1-2-12-21-17(19)15-10-6-7-11-16(15)18(20)22-13-14-8-4-3-5-9-14/h6-7,10-11,14H,2-5,8-9,12-13H2,1H3. The number of rotatable bonds is 6. The Labute approximate surface area is 131 Å². The Hall–Kier alpha value is -1.84. The molecule has 0 radical (unpaired) electrons. The van der Waals surface area contributed by atoms with Crippen LogP contribution in [-0.2, 0) is 9.47 Å². The molecular formula is C18H24O4. The van der Waals surface area contributed by atoms with E-state index in [1.54, 1.807) is 24.3 Å². The quantitative estimate of drug-likeness (QED) is 0.746. The van der Waals surface area contributed by atoms with Gasteiger partial charge in [-0.1, -0.05) is 38.3 Å². The molecule has 2 rings (SSSR count). The Balaban J connectivity index is 1.97. The van der Waals surface area contributed by atoms with Crippen LogP contribution in [-0.4, -0.2) is 25.2 Å². The fraction of sp³-hybridized carbons (Fsp3) is 0.556. The Morgan fingerprint density at radius 1 is 1.00 bits per heavy atom. The number of ether oxygens (including phenoxy) is 2. The molecule has 0 bridgehead atoms. The topological polar surface area (TPSA) is 52.6 Å². The molecule has 1 aliphatic rings. The molecule has 120 valence electrons.